The van der Waals surface area contributed by atoms with Crippen LogP contribution in [0.2, 0.25) is 0 Å². The number of anilines is 1. The maximum atomic E-state index is 12.7. The van der Waals surface area contributed by atoms with E-state index >= 15 is 0 Å². The van der Waals surface area contributed by atoms with Crippen LogP contribution in [-0.4, -0.2) is 22.8 Å². The van der Waals surface area contributed by atoms with Gasteiger partial charge in [-0.25, -0.2) is 4.68 Å². The van der Waals surface area contributed by atoms with Crippen molar-refractivity contribution in [1.29, 1.82) is 0 Å². The summed E-state index contributed by atoms with van der Waals surface area (Å²) in [5, 5.41) is 9.12. The Bertz CT molecular complexity index is 980. The zero-order chi connectivity index (χ0) is 18.7. The van der Waals surface area contributed by atoms with E-state index in [-0.39, 0.29) is 11.5 Å². The molecule has 0 bridgehead atoms. The first kappa shape index (κ1) is 17.9. The highest BCUT2D eigenvalue weighted by Crippen LogP contribution is 2.26. The second-order valence-corrected chi connectivity index (χ2v) is 6.80. The molecular formula is C19H19N3O3S. The number of ether oxygens (including phenoxy) is 1. The first-order valence-corrected chi connectivity index (χ1v) is 8.97. The third-order valence-electron chi connectivity index (χ3n) is 3.96. The van der Waals surface area contributed by atoms with Crippen molar-refractivity contribution in [2.24, 2.45) is 0 Å². The maximum Gasteiger partial charge on any atom is 0.267 e. The van der Waals surface area contributed by atoms with E-state index in [1.165, 1.54) is 22.1 Å². The average molecular weight is 369 g/mol. The van der Waals surface area contributed by atoms with Crippen molar-refractivity contribution in [2.75, 3.05) is 12.4 Å². The highest BCUT2D eigenvalue weighted by Gasteiger charge is 2.19. The van der Waals surface area contributed by atoms with Gasteiger partial charge in [-0.15, -0.1) is 11.3 Å². The van der Waals surface area contributed by atoms with Gasteiger partial charge in [-0.2, -0.15) is 5.10 Å². The molecule has 0 aliphatic heterocycles. The van der Waals surface area contributed by atoms with Crippen LogP contribution in [0.4, 0.5) is 5.69 Å². The quantitative estimate of drug-likeness (QED) is 0.747. The van der Waals surface area contributed by atoms with Gasteiger partial charge in [-0.05, 0) is 49.1 Å². The third-order valence-corrected chi connectivity index (χ3v) is 4.85. The minimum absolute atomic E-state index is 0.329. The first-order valence-electron chi connectivity index (χ1n) is 8.09. The summed E-state index contributed by atoms with van der Waals surface area (Å²) in [5.41, 5.74) is 1.88. The molecule has 1 atom stereocenters. The molecule has 1 amide bonds. The van der Waals surface area contributed by atoms with Crippen LogP contribution in [-0.2, 0) is 4.79 Å². The molecule has 3 aromatic rings. The van der Waals surface area contributed by atoms with E-state index in [0.717, 1.165) is 10.4 Å². The number of nitrogens with zero attached hydrogens (tertiary/aromatic N) is 2. The fourth-order valence-corrected chi connectivity index (χ4v) is 3.22. The van der Waals surface area contributed by atoms with Crippen LogP contribution in [0.5, 0.6) is 5.75 Å². The number of rotatable bonds is 5. The highest BCUT2D eigenvalue weighted by molar-refractivity contribution is 7.13. The Hall–Kier alpha value is -2.93. The Balaban J connectivity index is 1.88. The van der Waals surface area contributed by atoms with Crippen molar-refractivity contribution in [3.8, 4) is 16.3 Å². The van der Waals surface area contributed by atoms with E-state index in [1.54, 1.807) is 26.2 Å². The Labute approximate surface area is 155 Å². The van der Waals surface area contributed by atoms with Gasteiger partial charge in [0, 0.05) is 6.07 Å². The van der Waals surface area contributed by atoms with Gasteiger partial charge in [0.2, 0.25) is 5.91 Å². The van der Waals surface area contributed by atoms with Gasteiger partial charge in [0.1, 0.15) is 17.5 Å². The van der Waals surface area contributed by atoms with Gasteiger partial charge in [0.25, 0.3) is 5.56 Å². The summed E-state index contributed by atoms with van der Waals surface area (Å²) in [4.78, 5) is 25.8. The van der Waals surface area contributed by atoms with Crippen LogP contribution in [0.1, 0.15) is 18.5 Å². The van der Waals surface area contributed by atoms with E-state index < -0.39 is 6.04 Å². The number of aromatic nitrogens is 2. The van der Waals surface area contributed by atoms with Gasteiger partial charge in [0.05, 0.1) is 17.7 Å². The topological polar surface area (TPSA) is 73.2 Å². The van der Waals surface area contributed by atoms with Gasteiger partial charge in [-0.1, -0.05) is 12.1 Å². The molecule has 0 saturated heterocycles. The molecule has 134 valence electrons. The molecule has 1 N–H and O–H groups in total. The second-order valence-electron chi connectivity index (χ2n) is 5.85. The standard InChI is InChI=1S/C19H19N3O3S/c1-12-6-8-16(25-3)15(11-12)20-19(24)13(2)22-18(23)9-7-14(21-22)17-5-4-10-26-17/h4-11,13H,1-3H3,(H,20,24). The molecular weight excluding hydrogens is 350 g/mol. The molecule has 1 aromatic carbocycles. The number of methoxy groups -OCH3 is 1. The van der Waals surface area contributed by atoms with Crippen LogP contribution in [0.3, 0.4) is 0 Å². The number of carbonyl (C=O) groups excluding carboxylic acids is 1. The number of benzene rings is 1. The Morgan fingerprint density at radius 3 is 2.77 bits per heavy atom. The molecule has 0 spiro atoms. The minimum Gasteiger partial charge on any atom is -0.495 e. The Morgan fingerprint density at radius 1 is 1.27 bits per heavy atom. The summed E-state index contributed by atoms with van der Waals surface area (Å²) in [7, 11) is 1.54. The van der Waals surface area contributed by atoms with Crippen molar-refractivity contribution < 1.29 is 9.53 Å². The molecule has 1 unspecified atom stereocenters. The Kier molecular flexibility index (Phi) is 5.18. The van der Waals surface area contributed by atoms with Crippen molar-refractivity contribution in [3.05, 3.63) is 63.8 Å². The zero-order valence-electron chi connectivity index (χ0n) is 14.7. The predicted octanol–water partition coefficient (Wildman–Crippen LogP) is 3.49. The fraction of sp³-hybridized carbons (Fsp3) is 0.211. The molecule has 2 aromatic heterocycles. The van der Waals surface area contributed by atoms with Crippen molar-refractivity contribution in [1.82, 2.24) is 9.78 Å². The molecule has 3 rings (SSSR count). The fourth-order valence-electron chi connectivity index (χ4n) is 2.53. The van der Waals surface area contributed by atoms with Crippen molar-refractivity contribution >= 4 is 22.9 Å². The van der Waals surface area contributed by atoms with Gasteiger partial charge in [-0.3, -0.25) is 9.59 Å². The molecule has 0 radical (unpaired) electrons. The van der Waals surface area contributed by atoms with Crippen LogP contribution >= 0.6 is 11.3 Å². The molecule has 6 nitrogen and oxygen atoms in total. The molecule has 0 aliphatic carbocycles. The highest BCUT2D eigenvalue weighted by atomic mass is 32.1. The van der Waals surface area contributed by atoms with E-state index in [1.807, 2.05) is 36.6 Å². The smallest absolute Gasteiger partial charge is 0.267 e. The lowest BCUT2D eigenvalue weighted by Gasteiger charge is -2.16. The van der Waals surface area contributed by atoms with E-state index in [0.29, 0.717) is 17.1 Å². The van der Waals surface area contributed by atoms with Gasteiger partial charge >= 0.3 is 0 Å². The third kappa shape index (κ3) is 3.67. The number of carbonyl (C=O) groups is 1. The number of aryl methyl sites for hydroxylation is 1. The summed E-state index contributed by atoms with van der Waals surface area (Å²) < 4.78 is 6.48. The molecule has 7 heteroatoms. The van der Waals surface area contributed by atoms with E-state index in [9.17, 15) is 9.59 Å². The predicted molar refractivity (Wildman–Crippen MR) is 103 cm³/mol. The second kappa shape index (κ2) is 7.53. The number of nitrogens with one attached hydrogen (secondary N) is 1. The van der Waals surface area contributed by atoms with E-state index in [4.69, 9.17) is 4.74 Å². The van der Waals surface area contributed by atoms with Gasteiger partial charge in [0.15, 0.2) is 0 Å². The number of hydrogen-bond acceptors (Lipinski definition) is 5. The van der Waals surface area contributed by atoms with Crippen LogP contribution in [0.15, 0.2) is 52.6 Å². The Morgan fingerprint density at radius 2 is 2.08 bits per heavy atom. The van der Waals surface area contributed by atoms with E-state index in [2.05, 4.69) is 10.4 Å². The first-order chi connectivity index (χ1) is 12.5. The number of hydrogen-bond donors (Lipinski definition) is 1. The summed E-state index contributed by atoms with van der Waals surface area (Å²) in [6, 6.07) is 11.7. The minimum atomic E-state index is -0.771. The van der Waals surface area contributed by atoms with Crippen LogP contribution in [0.25, 0.3) is 10.6 Å². The SMILES string of the molecule is COc1ccc(C)cc1NC(=O)C(C)n1nc(-c2cccs2)ccc1=O. The molecule has 26 heavy (non-hydrogen) atoms. The number of thiophene rings is 1. The summed E-state index contributed by atoms with van der Waals surface area (Å²) in [6.45, 7) is 3.57. The zero-order valence-corrected chi connectivity index (χ0v) is 15.5. The molecule has 0 aliphatic rings. The maximum absolute atomic E-state index is 12.7. The monoisotopic (exact) mass is 369 g/mol. The summed E-state index contributed by atoms with van der Waals surface area (Å²) in [5.74, 6) is 0.218. The lowest BCUT2D eigenvalue weighted by atomic mass is 10.2. The van der Waals surface area contributed by atoms with Crippen LogP contribution < -0.4 is 15.6 Å². The largest absolute Gasteiger partial charge is 0.495 e. The molecule has 2 heterocycles. The van der Waals surface area contributed by atoms with Crippen molar-refractivity contribution in [3.63, 3.8) is 0 Å². The average Bonchev–Trinajstić information content (AvgIpc) is 3.16. The molecule has 0 saturated carbocycles. The normalized spacial score (nSPS) is 11.8. The summed E-state index contributed by atoms with van der Waals surface area (Å²) >= 11 is 1.52. The molecule has 0 fully saturated rings. The number of amides is 1. The van der Waals surface area contributed by atoms with Crippen molar-refractivity contribution in [2.45, 2.75) is 19.9 Å². The lowest BCUT2D eigenvalue weighted by molar-refractivity contribution is -0.119. The summed E-state index contributed by atoms with van der Waals surface area (Å²) in [6.07, 6.45) is 0. The lowest BCUT2D eigenvalue weighted by Crippen LogP contribution is -2.33. The van der Waals surface area contributed by atoms with Crippen LogP contribution in [0, 0.1) is 6.92 Å². The van der Waals surface area contributed by atoms with Gasteiger partial charge < -0.3 is 10.1 Å².